The van der Waals surface area contributed by atoms with Crippen LogP contribution in [0.15, 0.2) is 11.0 Å². The molecular formula is C11H13F2NO3. The molecule has 0 aliphatic heterocycles. The fourth-order valence-corrected chi connectivity index (χ4v) is 1.39. The number of alkyl halides is 2. The first-order chi connectivity index (χ1) is 7.97. The Morgan fingerprint density at radius 1 is 1.53 bits per heavy atom. The summed E-state index contributed by atoms with van der Waals surface area (Å²) in [7, 11) is 0. The number of pyridine rings is 1. The van der Waals surface area contributed by atoms with E-state index in [2.05, 4.69) is 4.98 Å². The van der Waals surface area contributed by atoms with E-state index in [4.69, 9.17) is 4.74 Å². The summed E-state index contributed by atoms with van der Waals surface area (Å²) < 4.78 is 29.5. The smallest absolute Gasteiger partial charge is 0.311 e. The summed E-state index contributed by atoms with van der Waals surface area (Å²) in [6.45, 7) is 3.30. The number of nitrogens with one attached hydrogen (secondary N) is 1. The second-order valence-corrected chi connectivity index (χ2v) is 3.46. The van der Waals surface area contributed by atoms with Gasteiger partial charge in [-0.3, -0.25) is 9.59 Å². The monoisotopic (exact) mass is 245 g/mol. The van der Waals surface area contributed by atoms with Crippen molar-refractivity contribution in [2.45, 2.75) is 26.7 Å². The Balaban J connectivity index is 3.01. The van der Waals surface area contributed by atoms with E-state index >= 15 is 0 Å². The summed E-state index contributed by atoms with van der Waals surface area (Å²) in [6, 6.07) is 0. The molecule has 0 amide bonds. The van der Waals surface area contributed by atoms with E-state index in [1.54, 1.807) is 6.92 Å². The zero-order valence-electron chi connectivity index (χ0n) is 9.55. The van der Waals surface area contributed by atoms with Crippen LogP contribution in [0.2, 0.25) is 0 Å². The minimum absolute atomic E-state index is 0.121. The SMILES string of the molecule is CCOC(=O)Cc1[nH]cc(C(F)F)c(=O)c1C. The average Bonchev–Trinajstić information content (AvgIpc) is 2.25. The van der Waals surface area contributed by atoms with E-state index < -0.39 is 23.4 Å². The van der Waals surface area contributed by atoms with E-state index in [0.29, 0.717) is 5.69 Å². The zero-order chi connectivity index (χ0) is 13.0. The summed E-state index contributed by atoms with van der Waals surface area (Å²) in [5.74, 6) is -0.504. The van der Waals surface area contributed by atoms with Crippen LogP contribution in [-0.2, 0) is 16.0 Å². The number of H-pyrrole nitrogens is 1. The lowest BCUT2D eigenvalue weighted by Gasteiger charge is -2.07. The normalized spacial score (nSPS) is 10.6. The van der Waals surface area contributed by atoms with Gasteiger partial charge in [0.25, 0.3) is 6.43 Å². The van der Waals surface area contributed by atoms with Crippen LogP contribution in [0.4, 0.5) is 8.78 Å². The maximum Gasteiger partial charge on any atom is 0.311 e. The highest BCUT2D eigenvalue weighted by molar-refractivity contribution is 5.72. The van der Waals surface area contributed by atoms with Crippen LogP contribution in [0.1, 0.15) is 30.2 Å². The maximum absolute atomic E-state index is 12.4. The molecule has 17 heavy (non-hydrogen) atoms. The van der Waals surface area contributed by atoms with Gasteiger partial charge in [0.15, 0.2) is 5.43 Å². The Bertz CT molecular complexity index is 468. The molecule has 1 rings (SSSR count). The number of hydrogen-bond donors (Lipinski definition) is 1. The molecule has 0 bridgehead atoms. The highest BCUT2D eigenvalue weighted by Crippen LogP contribution is 2.15. The van der Waals surface area contributed by atoms with Crippen molar-refractivity contribution in [1.82, 2.24) is 4.98 Å². The fraction of sp³-hybridized carbons (Fsp3) is 0.455. The van der Waals surface area contributed by atoms with Crippen molar-refractivity contribution in [1.29, 1.82) is 0 Å². The number of rotatable bonds is 4. The minimum Gasteiger partial charge on any atom is -0.466 e. The summed E-state index contributed by atoms with van der Waals surface area (Å²) in [4.78, 5) is 25.3. The van der Waals surface area contributed by atoms with Crippen LogP contribution < -0.4 is 5.43 Å². The maximum atomic E-state index is 12.4. The van der Waals surface area contributed by atoms with Crippen LogP contribution >= 0.6 is 0 Å². The van der Waals surface area contributed by atoms with Crippen molar-refractivity contribution in [2.75, 3.05) is 6.61 Å². The molecule has 0 aromatic carbocycles. The third-order valence-corrected chi connectivity index (χ3v) is 2.32. The van der Waals surface area contributed by atoms with Gasteiger partial charge in [0.2, 0.25) is 0 Å². The van der Waals surface area contributed by atoms with E-state index in [-0.39, 0.29) is 18.6 Å². The van der Waals surface area contributed by atoms with Crippen molar-refractivity contribution in [3.8, 4) is 0 Å². The molecular weight excluding hydrogens is 232 g/mol. The van der Waals surface area contributed by atoms with Gasteiger partial charge in [0.1, 0.15) is 0 Å². The van der Waals surface area contributed by atoms with Gasteiger partial charge < -0.3 is 9.72 Å². The largest absolute Gasteiger partial charge is 0.466 e. The lowest BCUT2D eigenvalue weighted by Crippen LogP contribution is -2.19. The standard InChI is InChI=1S/C11H13F2NO3/c1-3-17-9(15)4-8-6(2)10(16)7(5-14-8)11(12)13/h5,11H,3-4H2,1-2H3,(H,14,16). The van der Waals surface area contributed by atoms with Gasteiger partial charge in [-0.05, 0) is 13.8 Å². The summed E-state index contributed by atoms with van der Waals surface area (Å²) in [5, 5.41) is 0. The molecule has 1 N–H and O–H groups in total. The lowest BCUT2D eigenvalue weighted by molar-refractivity contribution is -0.142. The topological polar surface area (TPSA) is 59.2 Å². The van der Waals surface area contributed by atoms with Gasteiger partial charge >= 0.3 is 5.97 Å². The van der Waals surface area contributed by atoms with E-state index in [1.165, 1.54) is 6.92 Å². The van der Waals surface area contributed by atoms with Crippen LogP contribution in [0, 0.1) is 6.92 Å². The molecule has 0 saturated carbocycles. The predicted octanol–water partition coefficient (Wildman–Crippen LogP) is 1.73. The molecule has 1 aromatic rings. The number of ether oxygens (including phenoxy) is 1. The highest BCUT2D eigenvalue weighted by atomic mass is 19.3. The third-order valence-electron chi connectivity index (χ3n) is 2.32. The number of carbonyl (C=O) groups excluding carboxylic acids is 1. The zero-order valence-corrected chi connectivity index (χ0v) is 9.55. The van der Waals surface area contributed by atoms with Gasteiger partial charge in [0, 0.05) is 17.5 Å². The Morgan fingerprint density at radius 3 is 2.71 bits per heavy atom. The molecule has 0 spiro atoms. The Kier molecular flexibility index (Phi) is 4.37. The summed E-state index contributed by atoms with van der Waals surface area (Å²) in [6.07, 6.45) is -2.01. The molecule has 0 atom stereocenters. The van der Waals surface area contributed by atoms with Gasteiger partial charge in [0.05, 0.1) is 18.6 Å². The number of aromatic amines is 1. The molecule has 4 nitrogen and oxygen atoms in total. The van der Waals surface area contributed by atoms with Crippen molar-refractivity contribution in [3.05, 3.63) is 33.2 Å². The van der Waals surface area contributed by atoms with Crippen molar-refractivity contribution >= 4 is 5.97 Å². The Hall–Kier alpha value is -1.72. The average molecular weight is 245 g/mol. The van der Waals surface area contributed by atoms with Crippen molar-refractivity contribution in [3.63, 3.8) is 0 Å². The summed E-state index contributed by atoms with van der Waals surface area (Å²) in [5.41, 5.74) is -0.901. The molecule has 0 fully saturated rings. The first-order valence-electron chi connectivity index (χ1n) is 5.12. The number of esters is 1. The molecule has 0 saturated heterocycles. The third kappa shape index (κ3) is 3.12. The first kappa shape index (κ1) is 13.3. The molecule has 0 radical (unpaired) electrons. The van der Waals surface area contributed by atoms with Gasteiger partial charge in [-0.25, -0.2) is 8.78 Å². The number of carbonyl (C=O) groups is 1. The quantitative estimate of drug-likeness (QED) is 0.822. The fourth-order valence-electron chi connectivity index (χ4n) is 1.39. The van der Waals surface area contributed by atoms with Crippen LogP contribution in [0.3, 0.4) is 0 Å². The van der Waals surface area contributed by atoms with Crippen molar-refractivity contribution < 1.29 is 18.3 Å². The van der Waals surface area contributed by atoms with Crippen LogP contribution in [-0.4, -0.2) is 17.6 Å². The molecule has 6 heteroatoms. The summed E-state index contributed by atoms with van der Waals surface area (Å²) >= 11 is 0. The van der Waals surface area contributed by atoms with E-state index in [1.807, 2.05) is 0 Å². The molecule has 94 valence electrons. The number of hydrogen-bond acceptors (Lipinski definition) is 3. The van der Waals surface area contributed by atoms with Gasteiger partial charge in [-0.2, -0.15) is 0 Å². The van der Waals surface area contributed by atoms with E-state index in [9.17, 15) is 18.4 Å². The van der Waals surface area contributed by atoms with Crippen LogP contribution in [0.25, 0.3) is 0 Å². The van der Waals surface area contributed by atoms with Gasteiger partial charge in [-0.15, -0.1) is 0 Å². The minimum atomic E-state index is -2.82. The molecule has 0 unspecified atom stereocenters. The second kappa shape index (κ2) is 5.56. The van der Waals surface area contributed by atoms with Crippen molar-refractivity contribution in [2.24, 2.45) is 0 Å². The molecule has 1 aromatic heterocycles. The van der Waals surface area contributed by atoms with Gasteiger partial charge in [-0.1, -0.05) is 0 Å². The first-order valence-corrected chi connectivity index (χ1v) is 5.12. The molecule has 0 aliphatic carbocycles. The second-order valence-electron chi connectivity index (χ2n) is 3.46. The Labute approximate surface area is 96.6 Å². The number of halogens is 2. The molecule has 1 heterocycles. The van der Waals surface area contributed by atoms with Crippen LogP contribution in [0.5, 0.6) is 0 Å². The Morgan fingerprint density at radius 2 is 2.18 bits per heavy atom. The lowest BCUT2D eigenvalue weighted by atomic mass is 10.1. The molecule has 0 aliphatic rings. The predicted molar refractivity (Wildman–Crippen MR) is 57.1 cm³/mol. The number of aromatic nitrogens is 1. The van der Waals surface area contributed by atoms with E-state index in [0.717, 1.165) is 6.20 Å². The highest BCUT2D eigenvalue weighted by Gasteiger charge is 2.17.